The molecule has 5 nitrogen and oxygen atoms in total. The summed E-state index contributed by atoms with van der Waals surface area (Å²) in [5.74, 6) is -1.41. The van der Waals surface area contributed by atoms with E-state index in [1.807, 2.05) is 6.07 Å². The predicted molar refractivity (Wildman–Crippen MR) is 89.4 cm³/mol. The number of rotatable bonds is 5. The minimum Gasteiger partial charge on any atom is -0.325 e. The number of benzene rings is 2. The zero-order valence-electron chi connectivity index (χ0n) is 11.2. The van der Waals surface area contributed by atoms with Gasteiger partial charge in [-0.25, -0.2) is 17.5 Å². The first kappa shape index (κ1) is 16.8. The van der Waals surface area contributed by atoms with Crippen molar-refractivity contribution >= 4 is 44.2 Å². The second-order valence-electron chi connectivity index (χ2n) is 4.31. The highest BCUT2D eigenvalue weighted by Crippen LogP contribution is 2.14. The Morgan fingerprint density at radius 3 is 2.55 bits per heavy atom. The van der Waals surface area contributed by atoms with Gasteiger partial charge < -0.3 is 5.32 Å². The number of nitrogens with one attached hydrogen (secondary N) is 2. The molecule has 0 aliphatic heterocycles. The number of amides is 1. The van der Waals surface area contributed by atoms with Gasteiger partial charge in [0.25, 0.3) is 0 Å². The van der Waals surface area contributed by atoms with Gasteiger partial charge in [0.15, 0.2) is 0 Å². The average Bonchev–Trinajstić information content (AvgIpc) is 2.45. The maximum absolute atomic E-state index is 13.5. The molecule has 2 aromatic rings. The van der Waals surface area contributed by atoms with E-state index in [0.717, 1.165) is 15.7 Å². The molecule has 0 aliphatic carbocycles. The summed E-state index contributed by atoms with van der Waals surface area (Å²) in [5.41, 5.74) is 0.557. The average molecular weight is 434 g/mol. The van der Waals surface area contributed by atoms with Crippen LogP contribution in [-0.4, -0.2) is 20.9 Å². The van der Waals surface area contributed by atoms with Crippen LogP contribution in [0, 0.1) is 9.39 Å². The molecule has 0 fully saturated rings. The largest absolute Gasteiger partial charge is 0.325 e. The Balaban J connectivity index is 2.00. The second-order valence-corrected chi connectivity index (χ2v) is 7.29. The fourth-order valence-electron chi connectivity index (χ4n) is 1.67. The summed E-state index contributed by atoms with van der Waals surface area (Å²) >= 11 is 2.09. The Labute approximate surface area is 141 Å². The van der Waals surface area contributed by atoms with Crippen molar-refractivity contribution in [3.05, 3.63) is 57.9 Å². The summed E-state index contributed by atoms with van der Waals surface area (Å²) in [6, 6.07) is 12.0. The molecule has 0 heterocycles. The second kappa shape index (κ2) is 7.16. The normalized spacial score (nSPS) is 11.2. The van der Waals surface area contributed by atoms with E-state index >= 15 is 0 Å². The van der Waals surface area contributed by atoms with Gasteiger partial charge in [-0.1, -0.05) is 18.2 Å². The maximum atomic E-state index is 13.5. The molecule has 0 aliphatic rings. The summed E-state index contributed by atoms with van der Waals surface area (Å²) in [6.07, 6.45) is 0. The molecule has 0 saturated carbocycles. The van der Waals surface area contributed by atoms with E-state index in [-0.39, 0.29) is 0 Å². The lowest BCUT2D eigenvalue weighted by Crippen LogP contribution is -2.33. The Bertz CT molecular complexity index is 796. The van der Waals surface area contributed by atoms with Crippen molar-refractivity contribution in [2.24, 2.45) is 0 Å². The Hall–Kier alpha value is -1.52. The lowest BCUT2D eigenvalue weighted by atomic mass is 10.3. The minimum absolute atomic E-state index is 0.484. The molecule has 116 valence electrons. The molecular formula is C14H12FIN2O3S. The van der Waals surface area contributed by atoms with Gasteiger partial charge >= 0.3 is 0 Å². The minimum atomic E-state index is -4.07. The summed E-state index contributed by atoms with van der Waals surface area (Å²) < 4.78 is 40.3. The van der Waals surface area contributed by atoms with Crippen LogP contribution in [0.3, 0.4) is 0 Å². The highest BCUT2D eigenvalue weighted by atomic mass is 127. The molecule has 0 saturated heterocycles. The molecule has 0 unspecified atom stereocenters. The van der Waals surface area contributed by atoms with Crippen LogP contribution in [0.5, 0.6) is 0 Å². The standard InChI is InChI=1S/C14H12FIN2O3S/c15-12-6-1-2-7-13(12)22(20,21)17-9-14(19)18-11-5-3-4-10(16)8-11/h1-8,17H,9H2,(H,18,19). The first-order valence-corrected chi connectivity index (χ1v) is 8.74. The van der Waals surface area contributed by atoms with E-state index in [0.29, 0.717) is 5.69 Å². The number of hydrogen-bond acceptors (Lipinski definition) is 3. The van der Waals surface area contributed by atoms with Crippen molar-refractivity contribution in [2.75, 3.05) is 11.9 Å². The van der Waals surface area contributed by atoms with E-state index in [1.165, 1.54) is 12.1 Å². The molecule has 2 rings (SSSR count). The number of carbonyl (C=O) groups is 1. The fraction of sp³-hybridized carbons (Fsp3) is 0.0714. The summed E-state index contributed by atoms with van der Waals surface area (Å²) in [4.78, 5) is 11.3. The van der Waals surface area contributed by atoms with E-state index in [1.54, 1.807) is 18.2 Å². The number of sulfonamides is 1. The molecular weight excluding hydrogens is 422 g/mol. The van der Waals surface area contributed by atoms with E-state index in [4.69, 9.17) is 0 Å². The molecule has 1 amide bonds. The quantitative estimate of drug-likeness (QED) is 0.710. The number of halogens is 2. The van der Waals surface area contributed by atoms with Crippen LogP contribution in [0.15, 0.2) is 53.4 Å². The highest BCUT2D eigenvalue weighted by Gasteiger charge is 2.19. The lowest BCUT2D eigenvalue weighted by molar-refractivity contribution is -0.115. The summed E-state index contributed by atoms with van der Waals surface area (Å²) in [5, 5.41) is 2.56. The third-order valence-electron chi connectivity index (χ3n) is 2.66. The zero-order chi connectivity index (χ0) is 16.2. The molecule has 0 atom stereocenters. The Kier molecular flexibility index (Phi) is 5.48. The maximum Gasteiger partial charge on any atom is 0.243 e. The van der Waals surface area contributed by atoms with Gasteiger partial charge in [-0.3, -0.25) is 4.79 Å². The SMILES string of the molecule is O=C(CNS(=O)(=O)c1ccccc1F)Nc1cccc(I)c1. The van der Waals surface area contributed by atoms with Gasteiger partial charge in [0.1, 0.15) is 10.7 Å². The third-order valence-corrected chi connectivity index (χ3v) is 4.76. The lowest BCUT2D eigenvalue weighted by Gasteiger charge is -2.08. The summed E-state index contributed by atoms with van der Waals surface area (Å²) in [6.45, 7) is -0.484. The van der Waals surface area contributed by atoms with Crippen LogP contribution in [0.25, 0.3) is 0 Å². The molecule has 22 heavy (non-hydrogen) atoms. The van der Waals surface area contributed by atoms with Gasteiger partial charge in [0, 0.05) is 9.26 Å². The van der Waals surface area contributed by atoms with Crippen LogP contribution in [0.2, 0.25) is 0 Å². The van der Waals surface area contributed by atoms with Crippen molar-refractivity contribution in [1.29, 1.82) is 0 Å². The van der Waals surface area contributed by atoms with Crippen LogP contribution in [0.1, 0.15) is 0 Å². The first-order chi connectivity index (χ1) is 10.4. The predicted octanol–water partition coefficient (Wildman–Crippen LogP) is 2.35. The van der Waals surface area contributed by atoms with E-state index in [9.17, 15) is 17.6 Å². The smallest absolute Gasteiger partial charge is 0.243 e. The molecule has 2 aromatic carbocycles. The molecule has 8 heteroatoms. The highest BCUT2D eigenvalue weighted by molar-refractivity contribution is 14.1. The number of hydrogen-bond donors (Lipinski definition) is 2. The van der Waals surface area contributed by atoms with Crippen molar-refractivity contribution in [3.8, 4) is 0 Å². The van der Waals surface area contributed by atoms with Crippen molar-refractivity contribution in [2.45, 2.75) is 4.90 Å². The Morgan fingerprint density at radius 2 is 1.86 bits per heavy atom. The van der Waals surface area contributed by atoms with Gasteiger partial charge in [-0.15, -0.1) is 0 Å². The van der Waals surface area contributed by atoms with Crippen LogP contribution in [0.4, 0.5) is 10.1 Å². The van der Waals surface area contributed by atoms with E-state index < -0.39 is 33.2 Å². The Morgan fingerprint density at radius 1 is 1.14 bits per heavy atom. The van der Waals surface area contributed by atoms with Crippen LogP contribution >= 0.6 is 22.6 Å². The molecule has 0 aromatic heterocycles. The van der Waals surface area contributed by atoms with E-state index in [2.05, 4.69) is 32.6 Å². The molecule has 2 N–H and O–H groups in total. The number of anilines is 1. The van der Waals surface area contributed by atoms with Crippen LogP contribution in [-0.2, 0) is 14.8 Å². The third kappa shape index (κ3) is 4.49. The van der Waals surface area contributed by atoms with Crippen molar-refractivity contribution in [3.63, 3.8) is 0 Å². The summed E-state index contributed by atoms with van der Waals surface area (Å²) in [7, 11) is -4.07. The molecule has 0 bridgehead atoms. The topological polar surface area (TPSA) is 75.3 Å². The molecule has 0 spiro atoms. The monoisotopic (exact) mass is 434 g/mol. The van der Waals surface area contributed by atoms with Crippen molar-refractivity contribution in [1.82, 2.24) is 4.72 Å². The fourth-order valence-corrected chi connectivity index (χ4v) is 3.27. The van der Waals surface area contributed by atoms with Gasteiger partial charge in [0.05, 0.1) is 6.54 Å². The number of carbonyl (C=O) groups excluding carboxylic acids is 1. The van der Waals surface area contributed by atoms with Gasteiger partial charge in [-0.2, -0.15) is 0 Å². The van der Waals surface area contributed by atoms with Crippen molar-refractivity contribution < 1.29 is 17.6 Å². The zero-order valence-corrected chi connectivity index (χ0v) is 14.2. The molecule has 0 radical (unpaired) electrons. The van der Waals surface area contributed by atoms with Gasteiger partial charge in [-0.05, 0) is 52.9 Å². The first-order valence-electron chi connectivity index (χ1n) is 6.18. The van der Waals surface area contributed by atoms with Gasteiger partial charge in [0.2, 0.25) is 15.9 Å². The van der Waals surface area contributed by atoms with Crippen LogP contribution < -0.4 is 10.0 Å².